The van der Waals surface area contributed by atoms with Gasteiger partial charge < -0.3 is 4.74 Å². The summed E-state index contributed by atoms with van der Waals surface area (Å²) in [4.78, 5) is 12.2. The predicted molar refractivity (Wildman–Crippen MR) is 72.9 cm³/mol. The highest BCUT2D eigenvalue weighted by Gasteiger charge is 2.14. The molecule has 2 nitrogen and oxygen atoms in total. The molecule has 2 aromatic rings. The van der Waals surface area contributed by atoms with Crippen LogP contribution in [-0.2, 0) is 0 Å². The summed E-state index contributed by atoms with van der Waals surface area (Å²) in [5, 5.41) is 0.610. The van der Waals surface area contributed by atoms with E-state index in [0.29, 0.717) is 26.9 Å². The molecule has 0 bridgehead atoms. The van der Waals surface area contributed by atoms with E-state index in [1.54, 1.807) is 24.3 Å². The van der Waals surface area contributed by atoms with Gasteiger partial charge in [-0.1, -0.05) is 53.5 Å². The van der Waals surface area contributed by atoms with Crippen LogP contribution in [0.2, 0.25) is 10.0 Å². The van der Waals surface area contributed by atoms with Gasteiger partial charge in [-0.15, -0.1) is 0 Å². The van der Waals surface area contributed by atoms with Gasteiger partial charge >= 0.3 is 0 Å². The monoisotopic (exact) mass is 280 g/mol. The molecular formula is C14H10Cl2O2. The number of hydrogen-bond donors (Lipinski definition) is 0. The summed E-state index contributed by atoms with van der Waals surface area (Å²) in [5.41, 5.74) is 1.05. The van der Waals surface area contributed by atoms with E-state index in [9.17, 15) is 4.79 Å². The van der Waals surface area contributed by atoms with Crippen LogP contribution in [0.3, 0.4) is 0 Å². The van der Waals surface area contributed by atoms with Gasteiger partial charge in [-0.05, 0) is 12.1 Å². The average Bonchev–Trinajstić information content (AvgIpc) is 2.42. The van der Waals surface area contributed by atoms with Gasteiger partial charge in [0, 0.05) is 11.1 Å². The molecule has 18 heavy (non-hydrogen) atoms. The summed E-state index contributed by atoms with van der Waals surface area (Å²) in [6.45, 7) is 0. The molecule has 2 rings (SSSR count). The Morgan fingerprint density at radius 2 is 1.72 bits per heavy atom. The zero-order valence-electron chi connectivity index (χ0n) is 9.61. The van der Waals surface area contributed by atoms with Crippen LogP contribution in [0.5, 0.6) is 5.75 Å². The summed E-state index contributed by atoms with van der Waals surface area (Å²) >= 11 is 11.9. The zero-order chi connectivity index (χ0) is 13.1. The van der Waals surface area contributed by atoms with E-state index < -0.39 is 0 Å². The minimum Gasteiger partial charge on any atom is -0.495 e. The first-order chi connectivity index (χ1) is 8.63. The van der Waals surface area contributed by atoms with E-state index in [1.807, 2.05) is 18.2 Å². The van der Waals surface area contributed by atoms with E-state index in [-0.39, 0.29) is 5.78 Å². The van der Waals surface area contributed by atoms with Crippen molar-refractivity contribution in [1.82, 2.24) is 0 Å². The number of carbonyl (C=O) groups is 1. The Morgan fingerprint density at radius 1 is 1.06 bits per heavy atom. The second kappa shape index (κ2) is 5.42. The highest BCUT2D eigenvalue weighted by Crippen LogP contribution is 2.33. The van der Waals surface area contributed by atoms with Crippen molar-refractivity contribution in [3.05, 3.63) is 63.6 Å². The zero-order valence-corrected chi connectivity index (χ0v) is 11.1. The van der Waals surface area contributed by atoms with E-state index >= 15 is 0 Å². The van der Waals surface area contributed by atoms with Crippen molar-refractivity contribution in [3.8, 4) is 5.75 Å². The Bertz CT molecular complexity index is 580. The van der Waals surface area contributed by atoms with Crippen LogP contribution >= 0.6 is 23.2 Å². The maximum absolute atomic E-state index is 12.2. The number of hydrogen-bond acceptors (Lipinski definition) is 2. The van der Waals surface area contributed by atoms with Gasteiger partial charge in [-0.25, -0.2) is 0 Å². The van der Waals surface area contributed by atoms with Crippen LogP contribution in [0.1, 0.15) is 15.9 Å². The van der Waals surface area contributed by atoms with Crippen LogP contribution in [0.15, 0.2) is 42.5 Å². The maximum atomic E-state index is 12.2. The highest BCUT2D eigenvalue weighted by molar-refractivity contribution is 6.43. The van der Waals surface area contributed by atoms with Crippen molar-refractivity contribution in [2.75, 3.05) is 7.11 Å². The summed E-state index contributed by atoms with van der Waals surface area (Å²) in [7, 11) is 1.48. The number of ketones is 1. The molecule has 0 saturated carbocycles. The Morgan fingerprint density at radius 3 is 2.33 bits per heavy atom. The number of benzene rings is 2. The fourth-order valence-electron chi connectivity index (χ4n) is 1.60. The molecule has 0 fully saturated rings. The van der Waals surface area contributed by atoms with Gasteiger partial charge in [-0.3, -0.25) is 4.79 Å². The summed E-state index contributed by atoms with van der Waals surface area (Å²) in [6, 6.07) is 12.1. The lowest BCUT2D eigenvalue weighted by molar-refractivity contribution is 0.103. The van der Waals surface area contributed by atoms with Crippen molar-refractivity contribution in [2.45, 2.75) is 0 Å². The standard InChI is InChI=1S/C14H10Cl2O2/c1-18-12-8-10(7-11(15)13(12)16)14(17)9-5-3-2-4-6-9/h2-8H,1H3. The quantitative estimate of drug-likeness (QED) is 0.787. The lowest BCUT2D eigenvalue weighted by atomic mass is 10.0. The molecule has 0 aliphatic heterocycles. The van der Waals surface area contributed by atoms with Gasteiger partial charge in [-0.2, -0.15) is 0 Å². The third kappa shape index (κ3) is 2.50. The van der Waals surface area contributed by atoms with Crippen LogP contribution in [0, 0.1) is 0 Å². The van der Waals surface area contributed by atoms with Crippen molar-refractivity contribution < 1.29 is 9.53 Å². The molecule has 0 amide bonds. The molecule has 0 spiro atoms. The van der Waals surface area contributed by atoms with Gasteiger partial charge in [0.05, 0.1) is 12.1 Å². The molecule has 0 saturated heterocycles. The van der Waals surface area contributed by atoms with E-state index in [2.05, 4.69) is 0 Å². The number of rotatable bonds is 3. The van der Waals surface area contributed by atoms with Crippen LogP contribution in [-0.4, -0.2) is 12.9 Å². The molecule has 0 N–H and O–H groups in total. The van der Waals surface area contributed by atoms with Gasteiger partial charge in [0.1, 0.15) is 10.8 Å². The van der Waals surface area contributed by atoms with Crippen molar-refractivity contribution in [3.63, 3.8) is 0 Å². The first-order valence-electron chi connectivity index (χ1n) is 5.26. The molecule has 2 aromatic carbocycles. The minimum absolute atomic E-state index is 0.118. The molecule has 0 aliphatic rings. The van der Waals surface area contributed by atoms with E-state index in [0.717, 1.165) is 0 Å². The number of ether oxygens (including phenoxy) is 1. The second-order valence-corrected chi connectivity index (χ2v) is 4.45. The minimum atomic E-state index is -0.118. The SMILES string of the molecule is COc1cc(C(=O)c2ccccc2)cc(Cl)c1Cl. The Balaban J connectivity index is 2.46. The number of methoxy groups -OCH3 is 1. The lowest BCUT2D eigenvalue weighted by Crippen LogP contribution is -2.01. The third-order valence-electron chi connectivity index (χ3n) is 2.51. The molecule has 0 unspecified atom stereocenters. The van der Waals surface area contributed by atoms with Gasteiger partial charge in [0.25, 0.3) is 0 Å². The van der Waals surface area contributed by atoms with Gasteiger partial charge in [0.15, 0.2) is 5.78 Å². The topological polar surface area (TPSA) is 26.3 Å². The first-order valence-corrected chi connectivity index (χ1v) is 6.02. The summed E-state index contributed by atoms with van der Waals surface area (Å²) < 4.78 is 5.08. The molecule has 0 heterocycles. The Hall–Kier alpha value is -1.51. The van der Waals surface area contributed by atoms with Crippen LogP contribution in [0.25, 0.3) is 0 Å². The fraction of sp³-hybridized carbons (Fsp3) is 0.0714. The number of halogens is 2. The lowest BCUT2D eigenvalue weighted by Gasteiger charge is -2.08. The second-order valence-electron chi connectivity index (χ2n) is 3.67. The molecular weight excluding hydrogens is 271 g/mol. The fourth-order valence-corrected chi connectivity index (χ4v) is 2.00. The van der Waals surface area contributed by atoms with Crippen molar-refractivity contribution in [1.29, 1.82) is 0 Å². The predicted octanol–water partition coefficient (Wildman–Crippen LogP) is 4.23. The first kappa shape index (κ1) is 12.9. The maximum Gasteiger partial charge on any atom is 0.193 e. The molecule has 92 valence electrons. The van der Waals surface area contributed by atoms with Crippen molar-refractivity contribution in [2.24, 2.45) is 0 Å². The molecule has 4 heteroatoms. The van der Waals surface area contributed by atoms with E-state index in [4.69, 9.17) is 27.9 Å². The third-order valence-corrected chi connectivity index (χ3v) is 3.30. The largest absolute Gasteiger partial charge is 0.495 e. The van der Waals surface area contributed by atoms with Gasteiger partial charge in [0.2, 0.25) is 0 Å². The highest BCUT2D eigenvalue weighted by atomic mass is 35.5. The average molecular weight is 281 g/mol. The normalized spacial score (nSPS) is 10.2. The van der Waals surface area contributed by atoms with Crippen LogP contribution < -0.4 is 4.74 Å². The molecule has 0 aliphatic carbocycles. The van der Waals surface area contributed by atoms with Crippen molar-refractivity contribution >= 4 is 29.0 Å². The Labute approximate surface area is 115 Å². The van der Waals surface area contributed by atoms with Crippen LogP contribution in [0.4, 0.5) is 0 Å². The molecule has 0 radical (unpaired) electrons. The Kier molecular flexibility index (Phi) is 3.90. The molecule has 0 atom stereocenters. The summed E-state index contributed by atoms with van der Waals surface area (Å²) in [6.07, 6.45) is 0. The van der Waals surface area contributed by atoms with E-state index in [1.165, 1.54) is 7.11 Å². The number of carbonyl (C=O) groups excluding carboxylic acids is 1. The molecule has 0 aromatic heterocycles. The smallest absolute Gasteiger partial charge is 0.193 e. The summed E-state index contributed by atoms with van der Waals surface area (Å²) in [5.74, 6) is 0.274.